The van der Waals surface area contributed by atoms with Gasteiger partial charge in [-0.1, -0.05) is 6.58 Å². The number of non-ortho nitro benzene ring substituents is 1. The van der Waals surface area contributed by atoms with Crippen molar-refractivity contribution >= 4 is 17.6 Å². The van der Waals surface area contributed by atoms with Gasteiger partial charge < -0.3 is 5.32 Å². The summed E-state index contributed by atoms with van der Waals surface area (Å²) < 4.78 is 1.62. The van der Waals surface area contributed by atoms with Gasteiger partial charge in [0.15, 0.2) is 0 Å². The molecule has 0 aliphatic carbocycles. The Labute approximate surface area is 104 Å². The van der Waals surface area contributed by atoms with E-state index in [0.29, 0.717) is 6.54 Å². The fourth-order valence-electron chi connectivity index (χ4n) is 1.47. The van der Waals surface area contributed by atoms with Gasteiger partial charge in [-0.25, -0.2) is 4.68 Å². The first kappa shape index (κ1) is 11.8. The predicted octanol–water partition coefficient (Wildman–Crippen LogP) is 2.50. The standard InChI is InChI=1S/C12H12N4O2/c1-2-15-9-10(8-14-15)7-13-11-3-5-12(6-4-11)16(17)18/h2-6,8-9,13H,1,7H2. The SMILES string of the molecule is C=Cn1cc(CNc2ccc([N+](=O)[O-])cc2)cn1. The Hall–Kier alpha value is -2.63. The molecular weight excluding hydrogens is 232 g/mol. The summed E-state index contributed by atoms with van der Waals surface area (Å²) in [6.45, 7) is 4.21. The average molecular weight is 244 g/mol. The van der Waals surface area contributed by atoms with E-state index in [1.807, 2.05) is 6.20 Å². The second-order valence-corrected chi connectivity index (χ2v) is 3.67. The number of nitrogens with zero attached hydrogens (tertiary/aromatic N) is 3. The highest BCUT2D eigenvalue weighted by Crippen LogP contribution is 2.16. The minimum Gasteiger partial charge on any atom is -0.381 e. The zero-order valence-electron chi connectivity index (χ0n) is 9.61. The number of anilines is 1. The molecule has 0 atom stereocenters. The van der Waals surface area contributed by atoms with Crippen molar-refractivity contribution in [2.75, 3.05) is 5.32 Å². The molecule has 1 N–H and O–H groups in total. The fraction of sp³-hybridized carbons (Fsp3) is 0.0833. The molecule has 1 aromatic heterocycles. The first-order valence-corrected chi connectivity index (χ1v) is 5.33. The molecular formula is C12H12N4O2. The van der Waals surface area contributed by atoms with Crippen molar-refractivity contribution in [2.24, 2.45) is 0 Å². The zero-order chi connectivity index (χ0) is 13.0. The van der Waals surface area contributed by atoms with Gasteiger partial charge in [0, 0.05) is 42.3 Å². The third-order valence-corrected chi connectivity index (χ3v) is 2.42. The van der Waals surface area contributed by atoms with Gasteiger partial charge in [0.05, 0.1) is 11.1 Å². The molecule has 0 aliphatic rings. The van der Waals surface area contributed by atoms with Crippen molar-refractivity contribution in [3.05, 3.63) is 58.9 Å². The summed E-state index contributed by atoms with van der Waals surface area (Å²) in [5, 5.41) is 17.7. The van der Waals surface area contributed by atoms with Crippen LogP contribution in [-0.4, -0.2) is 14.7 Å². The number of nitro benzene ring substituents is 1. The van der Waals surface area contributed by atoms with Crippen molar-refractivity contribution in [1.29, 1.82) is 0 Å². The highest BCUT2D eigenvalue weighted by molar-refractivity contribution is 5.48. The minimum absolute atomic E-state index is 0.0834. The van der Waals surface area contributed by atoms with Crippen LogP contribution in [0.1, 0.15) is 5.56 Å². The van der Waals surface area contributed by atoms with E-state index in [2.05, 4.69) is 17.0 Å². The van der Waals surface area contributed by atoms with E-state index in [4.69, 9.17) is 0 Å². The van der Waals surface area contributed by atoms with Crippen LogP contribution in [-0.2, 0) is 6.54 Å². The Morgan fingerprint density at radius 3 is 2.72 bits per heavy atom. The van der Waals surface area contributed by atoms with Gasteiger partial charge in [0.2, 0.25) is 0 Å². The van der Waals surface area contributed by atoms with Crippen molar-refractivity contribution in [2.45, 2.75) is 6.54 Å². The molecule has 0 saturated carbocycles. The summed E-state index contributed by atoms with van der Waals surface area (Å²) >= 11 is 0. The lowest BCUT2D eigenvalue weighted by molar-refractivity contribution is -0.384. The number of hydrogen-bond donors (Lipinski definition) is 1. The van der Waals surface area contributed by atoms with Crippen LogP contribution < -0.4 is 5.32 Å². The third kappa shape index (κ3) is 2.73. The van der Waals surface area contributed by atoms with Crippen molar-refractivity contribution in [3.63, 3.8) is 0 Å². The molecule has 18 heavy (non-hydrogen) atoms. The molecule has 0 spiro atoms. The van der Waals surface area contributed by atoms with Gasteiger partial charge in [-0.2, -0.15) is 5.10 Å². The lowest BCUT2D eigenvalue weighted by Gasteiger charge is -2.03. The first-order valence-electron chi connectivity index (χ1n) is 5.33. The molecule has 0 radical (unpaired) electrons. The van der Waals surface area contributed by atoms with Gasteiger partial charge in [-0.3, -0.25) is 10.1 Å². The second kappa shape index (κ2) is 5.13. The monoisotopic (exact) mass is 244 g/mol. The van der Waals surface area contributed by atoms with E-state index in [9.17, 15) is 10.1 Å². The van der Waals surface area contributed by atoms with Crippen LogP contribution in [0.3, 0.4) is 0 Å². The fourth-order valence-corrected chi connectivity index (χ4v) is 1.47. The van der Waals surface area contributed by atoms with Gasteiger partial charge >= 0.3 is 0 Å². The Kier molecular flexibility index (Phi) is 3.38. The lowest BCUT2D eigenvalue weighted by Crippen LogP contribution is -1.98. The van der Waals surface area contributed by atoms with E-state index in [-0.39, 0.29) is 5.69 Å². The van der Waals surface area contributed by atoms with Crippen LogP contribution in [0.2, 0.25) is 0 Å². The van der Waals surface area contributed by atoms with E-state index >= 15 is 0 Å². The number of aromatic nitrogens is 2. The van der Waals surface area contributed by atoms with Crippen LogP contribution in [0.4, 0.5) is 11.4 Å². The average Bonchev–Trinajstić information content (AvgIpc) is 2.85. The van der Waals surface area contributed by atoms with Crippen LogP contribution in [0, 0.1) is 10.1 Å². The summed E-state index contributed by atoms with van der Waals surface area (Å²) in [6.07, 6.45) is 5.20. The van der Waals surface area contributed by atoms with Gasteiger partial charge in [-0.05, 0) is 12.1 Å². The Bertz CT molecular complexity index is 560. The van der Waals surface area contributed by atoms with E-state index in [1.54, 1.807) is 29.2 Å². The maximum atomic E-state index is 10.5. The molecule has 6 nitrogen and oxygen atoms in total. The molecule has 0 fully saturated rings. The summed E-state index contributed by atoms with van der Waals surface area (Å²) in [4.78, 5) is 10.1. The Balaban J connectivity index is 1.97. The molecule has 0 bridgehead atoms. The first-order chi connectivity index (χ1) is 8.69. The molecule has 1 aromatic carbocycles. The van der Waals surface area contributed by atoms with Crippen molar-refractivity contribution in [3.8, 4) is 0 Å². The maximum absolute atomic E-state index is 10.5. The van der Waals surface area contributed by atoms with E-state index in [0.717, 1.165) is 11.3 Å². The van der Waals surface area contributed by atoms with Crippen LogP contribution in [0.15, 0.2) is 43.2 Å². The number of nitrogens with one attached hydrogen (secondary N) is 1. The van der Waals surface area contributed by atoms with Crippen LogP contribution in [0.25, 0.3) is 6.20 Å². The van der Waals surface area contributed by atoms with Gasteiger partial charge in [0.25, 0.3) is 5.69 Å². The molecule has 0 unspecified atom stereocenters. The Morgan fingerprint density at radius 1 is 1.44 bits per heavy atom. The summed E-state index contributed by atoms with van der Waals surface area (Å²) in [6, 6.07) is 6.29. The number of nitro groups is 1. The highest BCUT2D eigenvalue weighted by atomic mass is 16.6. The summed E-state index contributed by atoms with van der Waals surface area (Å²) in [5.74, 6) is 0. The molecule has 2 rings (SSSR count). The van der Waals surface area contributed by atoms with Crippen LogP contribution >= 0.6 is 0 Å². The molecule has 0 amide bonds. The highest BCUT2D eigenvalue weighted by Gasteiger charge is 2.03. The lowest BCUT2D eigenvalue weighted by atomic mass is 10.2. The molecule has 0 saturated heterocycles. The molecule has 1 heterocycles. The molecule has 6 heteroatoms. The maximum Gasteiger partial charge on any atom is 0.269 e. The number of rotatable bonds is 5. The topological polar surface area (TPSA) is 73.0 Å². The smallest absolute Gasteiger partial charge is 0.269 e. The van der Waals surface area contributed by atoms with E-state index in [1.165, 1.54) is 12.1 Å². The second-order valence-electron chi connectivity index (χ2n) is 3.67. The summed E-state index contributed by atoms with van der Waals surface area (Å²) in [7, 11) is 0. The minimum atomic E-state index is -0.419. The number of hydrogen-bond acceptors (Lipinski definition) is 4. The normalized spacial score (nSPS) is 10.0. The van der Waals surface area contributed by atoms with Crippen molar-refractivity contribution < 1.29 is 4.92 Å². The number of benzene rings is 1. The van der Waals surface area contributed by atoms with E-state index < -0.39 is 4.92 Å². The molecule has 0 aliphatic heterocycles. The van der Waals surface area contributed by atoms with Gasteiger partial charge in [-0.15, -0.1) is 0 Å². The largest absolute Gasteiger partial charge is 0.381 e. The quantitative estimate of drug-likeness (QED) is 0.647. The molecule has 2 aromatic rings. The molecule has 92 valence electrons. The predicted molar refractivity (Wildman–Crippen MR) is 69.0 cm³/mol. The van der Waals surface area contributed by atoms with Crippen LogP contribution in [0.5, 0.6) is 0 Å². The zero-order valence-corrected chi connectivity index (χ0v) is 9.61. The van der Waals surface area contributed by atoms with Crippen molar-refractivity contribution in [1.82, 2.24) is 9.78 Å². The van der Waals surface area contributed by atoms with Gasteiger partial charge in [0.1, 0.15) is 0 Å². The Morgan fingerprint density at radius 2 is 2.17 bits per heavy atom. The summed E-state index contributed by atoms with van der Waals surface area (Å²) in [5.41, 5.74) is 1.92. The third-order valence-electron chi connectivity index (χ3n) is 2.42.